The van der Waals surface area contributed by atoms with Crippen LogP contribution in [0.1, 0.15) is 5.69 Å². The van der Waals surface area contributed by atoms with Crippen LogP contribution in [0.15, 0.2) is 30.3 Å². The monoisotopic (exact) mass is 219 g/mol. The number of aromatic nitrogens is 2. The molecule has 0 unspecified atom stereocenters. The van der Waals surface area contributed by atoms with Gasteiger partial charge in [0.05, 0.1) is 12.8 Å². The van der Waals surface area contributed by atoms with Crippen LogP contribution in [-0.2, 0) is 6.54 Å². The molecule has 0 aliphatic carbocycles. The Labute approximate surface area is 93.1 Å². The Morgan fingerprint density at radius 1 is 1.44 bits per heavy atom. The zero-order valence-electron chi connectivity index (χ0n) is 8.92. The Morgan fingerprint density at radius 2 is 2.19 bits per heavy atom. The molecule has 3 N–H and O–H groups in total. The van der Waals surface area contributed by atoms with Crippen molar-refractivity contribution in [3.8, 4) is 17.3 Å². The lowest BCUT2D eigenvalue weighted by Gasteiger charge is -2.06. The molecule has 2 aromatic rings. The van der Waals surface area contributed by atoms with Crippen LogP contribution in [0.5, 0.6) is 11.6 Å². The quantitative estimate of drug-likeness (QED) is 0.809. The van der Waals surface area contributed by atoms with Gasteiger partial charge in [0.1, 0.15) is 11.4 Å². The molecule has 0 radical (unpaired) electrons. The molecular weight excluding hydrogens is 206 g/mol. The van der Waals surface area contributed by atoms with Crippen molar-refractivity contribution in [3.05, 3.63) is 36.0 Å². The molecular formula is C11H13N3O2. The van der Waals surface area contributed by atoms with E-state index in [-0.39, 0.29) is 5.75 Å². The largest absolute Gasteiger partial charge is 0.506 e. The number of hydrogen-bond donors (Lipinski definition) is 2. The maximum Gasteiger partial charge on any atom is 0.233 e. The molecule has 0 saturated heterocycles. The molecule has 16 heavy (non-hydrogen) atoms. The molecule has 0 bridgehead atoms. The van der Waals surface area contributed by atoms with Crippen LogP contribution < -0.4 is 10.5 Å². The Balaban J connectivity index is 2.54. The predicted octanol–water partition coefficient (Wildman–Crippen LogP) is 1.05. The Hall–Kier alpha value is -2.01. The van der Waals surface area contributed by atoms with Crippen molar-refractivity contribution >= 4 is 0 Å². The summed E-state index contributed by atoms with van der Waals surface area (Å²) in [4.78, 5) is 0. The topological polar surface area (TPSA) is 73.3 Å². The van der Waals surface area contributed by atoms with Crippen LogP contribution in [0, 0.1) is 0 Å². The number of phenolic OH excluding ortho intramolecular Hbond substituents is 1. The summed E-state index contributed by atoms with van der Waals surface area (Å²) in [6, 6.07) is 8.68. The van der Waals surface area contributed by atoms with Crippen LogP contribution in [0.25, 0.3) is 5.69 Å². The van der Waals surface area contributed by atoms with Crippen LogP contribution in [-0.4, -0.2) is 22.0 Å². The summed E-state index contributed by atoms with van der Waals surface area (Å²) >= 11 is 0. The van der Waals surface area contributed by atoms with Gasteiger partial charge >= 0.3 is 0 Å². The molecule has 84 valence electrons. The van der Waals surface area contributed by atoms with Crippen LogP contribution >= 0.6 is 0 Å². The third kappa shape index (κ3) is 1.72. The molecule has 0 atom stereocenters. The summed E-state index contributed by atoms with van der Waals surface area (Å²) in [6.07, 6.45) is 0. The van der Waals surface area contributed by atoms with Crippen molar-refractivity contribution in [1.82, 2.24) is 9.78 Å². The third-order valence-corrected chi connectivity index (χ3v) is 2.29. The van der Waals surface area contributed by atoms with Gasteiger partial charge < -0.3 is 15.6 Å². The molecule has 5 nitrogen and oxygen atoms in total. The van der Waals surface area contributed by atoms with E-state index in [0.717, 1.165) is 5.69 Å². The number of benzene rings is 1. The van der Waals surface area contributed by atoms with Gasteiger partial charge in [-0.15, -0.1) is 5.10 Å². The van der Waals surface area contributed by atoms with E-state index in [1.807, 2.05) is 6.07 Å². The van der Waals surface area contributed by atoms with E-state index in [4.69, 9.17) is 10.5 Å². The van der Waals surface area contributed by atoms with Crippen molar-refractivity contribution in [1.29, 1.82) is 0 Å². The van der Waals surface area contributed by atoms with E-state index in [1.165, 1.54) is 7.11 Å². The third-order valence-electron chi connectivity index (χ3n) is 2.29. The molecule has 5 heteroatoms. The van der Waals surface area contributed by atoms with Crippen LogP contribution in [0.3, 0.4) is 0 Å². The summed E-state index contributed by atoms with van der Waals surface area (Å²) in [5.74, 6) is 0.631. The lowest BCUT2D eigenvalue weighted by atomic mass is 10.3. The number of methoxy groups -OCH3 is 1. The Morgan fingerprint density at radius 3 is 2.81 bits per heavy atom. The number of para-hydroxylation sites is 2. The fourth-order valence-electron chi connectivity index (χ4n) is 1.49. The number of phenols is 1. The minimum absolute atomic E-state index is 0.156. The summed E-state index contributed by atoms with van der Waals surface area (Å²) in [5, 5.41) is 13.9. The van der Waals surface area contributed by atoms with Gasteiger partial charge in [0.25, 0.3) is 0 Å². The van der Waals surface area contributed by atoms with E-state index >= 15 is 0 Å². The highest BCUT2D eigenvalue weighted by atomic mass is 16.5. The minimum Gasteiger partial charge on any atom is -0.506 e. The van der Waals surface area contributed by atoms with E-state index in [1.54, 1.807) is 28.9 Å². The number of nitrogens with zero attached hydrogens (tertiary/aromatic N) is 2. The molecule has 2 rings (SSSR count). The van der Waals surface area contributed by atoms with Gasteiger partial charge in [0.15, 0.2) is 0 Å². The fourth-order valence-corrected chi connectivity index (χ4v) is 1.49. The van der Waals surface area contributed by atoms with Gasteiger partial charge in [-0.1, -0.05) is 12.1 Å². The normalized spacial score (nSPS) is 10.4. The second kappa shape index (κ2) is 4.24. The molecule has 0 fully saturated rings. The molecule has 0 amide bonds. The molecule has 1 heterocycles. The van der Waals surface area contributed by atoms with Gasteiger partial charge in [-0.25, -0.2) is 4.68 Å². The lowest BCUT2D eigenvalue weighted by Crippen LogP contribution is -2.06. The highest BCUT2D eigenvalue weighted by Gasteiger charge is 2.11. The predicted molar refractivity (Wildman–Crippen MR) is 59.7 cm³/mol. The first-order chi connectivity index (χ1) is 7.76. The average Bonchev–Trinajstić information content (AvgIpc) is 2.72. The van der Waals surface area contributed by atoms with E-state index in [2.05, 4.69) is 5.10 Å². The molecule has 0 saturated carbocycles. The second-order valence-corrected chi connectivity index (χ2v) is 3.28. The summed E-state index contributed by atoms with van der Waals surface area (Å²) in [5.41, 5.74) is 6.97. The van der Waals surface area contributed by atoms with Crippen LogP contribution in [0.2, 0.25) is 0 Å². The lowest BCUT2D eigenvalue weighted by molar-refractivity contribution is 0.393. The molecule has 0 aliphatic rings. The first-order valence-corrected chi connectivity index (χ1v) is 4.87. The van der Waals surface area contributed by atoms with Crippen molar-refractivity contribution in [3.63, 3.8) is 0 Å². The number of rotatable bonds is 3. The zero-order valence-corrected chi connectivity index (χ0v) is 8.92. The van der Waals surface area contributed by atoms with Crippen LogP contribution in [0.4, 0.5) is 0 Å². The zero-order chi connectivity index (χ0) is 11.5. The fraction of sp³-hybridized carbons (Fsp3) is 0.182. The number of ether oxygens (including phenoxy) is 1. The van der Waals surface area contributed by atoms with Gasteiger partial charge in [0.2, 0.25) is 5.88 Å². The number of hydrogen-bond acceptors (Lipinski definition) is 4. The highest BCUT2D eigenvalue weighted by Crippen LogP contribution is 2.23. The summed E-state index contributed by atoms with van der Waals surface area (Å²) in [7, 11) is 1.54. The van der Waals surface area contributed by atoms with Gasteiger partial charge in [-0.3, -0.25) is 0 Å². The maximum atomic E-state index is 9.72. The first kappa shape index (κ1) is 10.5. The van der Waals surface area contributed by atoms with Crippen molar-refractivity contribution < 1.29 is 9.84 Å². The number of nitrogens with two attached hydrogens (primary N) is 1. The van der Waals surface area contributed by atoms with Gasteiger partial charge in [-0.2, -0.15) is 0 Å². The van der Waals surface area contributed by atoms with E-state index in [0.29, 0.717) is 18.1 Å². The van der Waals surface area contributed by atoms with Gasteiger partial charge in [-0.05, 0) is 12.1 Å². The molecule has 0 spiro atoms. The second-order valence-electron chi connectivity index (χ2n) is 3.28. The highest BCUT2D eigenvalue weighted by molar-refractivity contribution is 5.46. The average molecular weight is 219 g/mol. The Bertz CT molecular complexity index is 494. The Kier molecular flexibility index (Phi) is 2.78. The van der Waals surface area contributed by atoms with Crippen molar-refractivity contribution in [2.45, 2.75) is 6.54 Å². The number of aromatic hydroxyl groups is 1. The maximum absolute atomic E-state index is 9.72. The summed E-state index contributed by atoms with van der Waals surface area (Å²) in [6.45, 7) is 0.324. The first-order valence-electron chi connectivity index (χ1n) is 4.87. The smallest absolute Gasteiger partial charge is 0.233 e. The standard InChI is InChI=1S/C11H13N3O2/c1-16-11-6-8(7-12)14(13-11)9-4-2-3-5-10(9)15/h2-6,15H,7,12H2,1H3. The molecule has 1 aromatic carbocycles. The molecule has 0 aliphatic heterocycles. The molecule has 1 aromatic heterocycles. The SMILES string of the molecule is COc1cc(CN)n(-c2ccccc2O)n1. The van der Waals surface area contributed by atoms with Crippen molar-refractivity contribution in [2.24, 2.45) is 5.73 Å². The van der Waals surface area contributed by atoms with Gasteiger partial charge in [0, 0.05) is 12.6 Å². The minimum atomic E-state index is 0.156. The van der Waals surface area contributed by atoms with E-state index < -0.39 is 0 Å². The van der Waals surface area contributed by atoms with Crippen molar-refractivity contribution in [2.75, 3.05) is 7.11 Å². The van der Waals surface area contributed by atoms with E-state index in [9.17, 15) is 5.11 Å². The summed E-state index contributed by atoms with van der Waals surface area (Å²) < 4.78 is 6.61.